The molecular formula is C10H9BO2S. The fourth-order valence-corrected chi connectivity index (χ4v) is 2.05. The van der Waals surface area contributed by atoms with Gasteiger partial charge in [-0.1, -0.05) is 30.3 Å². The maximum absolute atomic E-state index is 8.95. The second-order valence-electron chi connectivity index (χ2n) is 2.98. The van der Waals surface area contributed by atoms with E-state index in [1.807, 2.05) is 35.7 Å². The smallest absolute Gasteiger partial charge is 0.423 e. The van der Waals surface area contributed by atoms with Crippen LogP contribution in [0.15, 0.2) is 41.8 Å². The van der Waals surface area contributed by atoms with Gasteiger partial charge in [-0.15, -0.1) is 0 Å². The van der Waals surface area contributed by atoms with Crippen LogP contribution in [-0.4, -0.2) is 17.2 Å². The predicted octanol–water partition coefficient (Wildman–Crippen LogP) is 1.09. The number of hydrogen-bond donors (Lipinski definition) is 2. The fraction of sp³-hybridized carbons (Fsp3) is 0. The predicted molar refractivity (Wildman–Crippen MR) is 59.6 cm³/mol. The summed E-state index contributed by atoms with van der Waals surface area (Å²) in [5, 5.41) is 19.8. The van der Waals surface area contributed by atoms with E-state index in [0.29, 0.717) is 4.78 Å². The topological polar surface area (TPSA) is 40.5 Å². The highest BCUT2D eigenvalue weighted by Gasteiger charge is 2.13. The lowest BCUT2D eigenvalue weighted by atomic mass is 9.88. The minimum absolute atomic E-state index is 0.573. The molecule has 14 heavy (non-hydrogen) atoms. The van der Waals surface area contributed by atoms with Gasteiger partial charge in [0.2, 0.25) is 0 Å². The highest BCUT2D eigenvalue weighted by atomic mass is 32.1. The summed E-state index contributed by atoms with van der Waals surface area (Å²) in [4.78, 5) is 0. The van der Waals surface area contributed by atoms with Crippen LogP contribution in [0.25, 0.3) is 11.1 Å². The molecule has 0 aliphatic heterocycles. The largest absolute Gasteiger partial charge is 0.499 e. The third kappa shape index (κ3) is 1.87. The lowest BCUT2D eigenvalue weighted by Crippen LogP contribution is -2.26. The van der Waals surface area contributed by atoms with Crippen molar-refractivity contribution in [2.24, 2.45) is 0 Å². The molecule has 70 valence electrons. The highest BCUT2D eigenvalue weighted by Crippen LogP contribution is 2.20. The van der Waals surface area contributed by atoms with Crippen LogP contribution in [-0.2, 0) is 0 Å². The molecule has 2 nitrogen and oxygen atoms in total. The van der Waals surface area contributed by atoms with Gasteiger partial charge in [0.15, 0.2) is 0 Å². The molecule has 2 N–H and O–H groups in total. The summed E-state index contributed by atoms with van der Waals surface area (Å²) in [7, 11) is -1.36. The quantitative estimate of drug-likeness (QED) is 0.719. The molecule has 1 aromatic carbocycles. The summed E-state index contributed by atoms with van der Waals surface area (Å²) in [5.41, 5.74) is 2.12. The van der Waals surface area contributed by atoms with Crippen LogP contribution in [0.1, 0.15) is 0 Å². The van der Waals surface area contributed by atoms with E-state index in [1.165, 1.54) is 11.3 Å². The van der Waals surface area contributed by atoms with Crippen LogP contribution in [0.3, 0.4) is 0 Å². The second kappa shape index (κ2) is 3.96. The van der Waals surface area contributed by atoms with E-state index in [1.54, 1.807) is 6.07 Å². The SMILES string of the molecule is OB(O)c1cc(-c2ccccc2)cs1. The third-order valence-corrected chi connectivity index (χ3v) is 2.95. The first-order chi connectivity index (χ1) is 6.77. The molecule has 2 aromatic rings. The van der Waals surface area contributed by atoms with Crippen LogP contribution in [0.5, 0.6) is 0 Å². The van der Waals surface area contributed by atoms with E-state index in [0.717, 1.165) is 11.1 Å². The van der Waals surface area contributed by atoms with Crippen molar-refractivity contribution in [3.8, 4) is 11.1 Å². The maximum Gasteiger partial charge on any atom is 0.499 e. The number of benzene rings is 1. The van der Waals surface area contributed by atoms with Gasteiger partial charge < -0.3 is 10.0 Å². The van der Waals surface area contributed by atoms with Crippen molar-refractivity contribution in [3.05, 3.63) is 41.8 Å². The molecule has 0 aliphatic carbocycles. The van der Waals surface area contributed by atoms with Crippen molar-refractivity contribution in [1.82, 2.24) is 0 Å². The van der Waals surface area contributed by atoms with E-state index >= 15 is 0 Å². The fourth-order valence-electron chi connectivity index (χ4n) is 1.27. The van der Waals surface area contributed by atoms with Crippen molar-refractivity contribution in [3.63, 3.8) is 0 Å². The molecular weight excluding hydrogens is 195 g/mol. The molecule has 4 heteroatoms. The summed E-state index contributed by atoms with van der Waals surface area (Å²) in [6.07, 6.45) is 0. The molecule has 0 spiro atoms. The van der Waals surface area contributed by atoms with E-state index in [-0.39, 0.29) is 0 Å². The molecule has 0 bridgehead atoms. The summed E-state index contributed by atoms with van der Waals surface area (Å²) in [6, 6.07) is 11.7. The summed E-state index contributed by atoms with van der Waals surface area (Å²) in [5.74, 6) is 0. The normalized spacial score (nSPS) is 10.1. The van der Waals surface area contributed by atoms with Crippen molar-refractivity contribution in [2.75, 3.05) is 0 Å². The molecule has 0 unspecified atom stereocenters. The van der Waals surface area contributed by atoms with Gasteiger partial charge in [-0.2, -0.15) is 11.3 Å². The number of hydrogen-bond acceptors (Lipinski definition) is 3. The summed E-state index contributed by atoms with van der Waals surface area (Å²) >= 11 is 1.35. The number of thiophene rings is 1. The Bertz CT molecular complexity index is 411. The zero-order chi connectivity index (χ0) is 9.97. The Labute approximate surface area is 86.6 Å². The van der Waals surface area contributed by atoms with Crippen molar-refractivity contribution >= 4 is 23.2 Å². The summed E-state index contributed by atoms with van der Waals surface area (Å²) < 4.78 is 0.573. The molecule has 0 aliphatic rings. The van der Waals surface area contributed by atoms with Gasteiger partial charge in [0.1, 0.15) is 0 Å². The molecule has 1 aromatic heterocycles. The van der Waals surface area contributed by atoms with Gasteiger partial charge in [0, 0.05) is 4.78 Å². The van der Waals surface area contributed by atoms with E-state index in [2.05, 4.69) is 0 Å². The van der Waals surface area contributed by atoms with Gasteiger partial charge in [0.05, 0.1) is 0 Å². The Hall–Kier alpha value is -1.10. The second-order valence-corrected chi connectivity index (χ2v) is 3.92. The van der Waals surface area contributed by atoms with Crippen LogP contribution >= 0.6 is 11.3 Å². The van der Waals surface area contributed by atoms with E-state index in [9.17, 15) is 0 Å². The molecule has 0 fully saturated rings. The Morgan fingerprint density at radius 2 is 1.71 bits per heavy atom. The zero-order valence-corrected chi connectivity index (χ0v) is 8.24. The zero-order valence-electron chi connectivity index (χ0n) is 7.42. The summed E-state index contributed by atoms with van der Waals surface area (Å²) in [6.45, 7) is 0. The van der Waals surface area contributed by atoms with Gasteiger partial charge in [0.25, 0.3) is 0 Å². The van der Waals surface area contributed by atoms with Crippen LogP contribution < -0.4 is 4.78 Å². The van der Waals surface area contributed by atoms with Crippen molar-refractivity contribution in [2.45, 2.75) is 0 Å². The molecule has 2 rings (SSSR count). The highest BCUT2D eigenvalue weighted by molar-refractivity contribution is 7.20. The Morgan fingerprint density at radius 1 is 1.00 bits per heavy atom. The lowest BCUT2D eigenvalue weighted by Gasteiger charge is -1.95. The first-order valence-corrected chi connectivity index (χ1v) is 5.15. The average Bonchev–Trinajstić information content (AvgIpc) is 2.68. The van der Waals surface area contributed by atoms with Crippen molar-refractivity contribution in [1.29, 1.82) is 0 Å². The van der Waals surface area contributed by atoms with Crippen LogP contribution in [0.2, 0.25) is 0 Å². The standard InChI is InChI=1S/C10H9BO2S/c12-11(13)10-6-9(7-14-10)8-4-2-1-3-5-8/h1-7,12-13H. The Kier molecular flexibility index (Phi) is 2.68. The first kappa shape index (κ1) is 9.46. The molecule has 0 radical (unpaired) electrons. The molecule has 0 saturated carbocycles. The average molecular weight is 204 g/mol. The lowest BCUT2D eigenvalue weighted by molar-refractivity contribution is 0.427. The minimum Gasteiger partial charge on any atom is -0.423 e. The maximum atomic E-state index is 8.95. The van der Waals surface area contributed by atoms with E-state index < -0.39 is 7.12 Å². The minimum atomic E-state index is -1.36. The monoisotopic (exact) mass is 204 g/mol. The van der Waals surface area contributed by atoms with Crippen LogP contribution in [0.4, 0.5) is 0 Å². The molecule has 0 saturated heterocycles. The van der Waals surface area contributed by atoms with Gasteiger partial charge >= 0.3 is 7.12 Å². The molecule has 1 heterocycles. The van der Waals surface area contributed by atoms with Crippen molar-refractivity contribution < 1.29 is 10.0 Å². The Balaban J connectivity index is 2.34. The van der Waals surface area contributed by atoms with E-state index in [4.69, 9.17) is 10.0 Å². The van der Waals surface area contributed by atoms with Gasteiger partial charge in [-0.05, 0) is 22.6 Å². The Morgan fingerprint density at radius 3 is 2.29 bits per heavy atom. The van der Waals surface area contributed by atoms with Crippen LogP contribution in [0, 0.1) is 0 Å². The van der Waals surface area contributed by atoms with Gasteiger partial charge in [-0.25, -0.2) is 0 Å². The molecule has 0 amide bonds. The number of rotatable bonds is 2. The first-order valence-electron chi connectivity index (χ1n) is 4.27. The molecule has 0 atom stereocenters. The third-order valence-electron chi connectivity index (χ3n) is 1.98. The van der Waals surface area contributed by atoms with Gasteiger partial charge in [-0.3, -0.25) is 0 Å².